The fraction of sp³-hybridized carbons (Fsp3) is 0.919. The molecule has 0 heterocycles. The third-order valence-electron chi connectivity index (χ3n) is 17.3. The number of nitrogens with one attached hydrogen (secondary N) is 1. The number of carbonyl (C=O) groups excluding carboxylic acids is 2. The molecular weight excluding hydrogens is 983 g/mol. The number of allylic oxidation sites excluding steroid dienone is 4. The van der Waals surface area contributed by atoms with Crippen LogP contribution in [-0.2, 0) is 14.3 Å². The number of unbranched alkanes of at least 4 members (excludes halogenated alkanes) is 54. The molecular formula is C74H143NO5. The Labute approximate surface area is 501 Å². The van der Waals surface area contributed by atoms with E-state index in [0.717, 1.165) is 51.4 Å². The molecule has 1 amide bonds. The molecule has 0 saturated carbocycles. The molecule has 0 aliphatic heterocycles. The molecule has 3 N–H and O–H groups in total. The summed E-state index contributed by atoms with van der Waals surface area (Å²) in [5, 5.41) is 23.3. The van der Waals surface area contributed by atoms with Crippen molar-refractivity contribution in [2.75, 3.05) is 13.2 Å². The van der Waals surface area contributed by atoms with Gasteiger partial charge >= 0.3 is 5.97 Å². The summed E-state index contributed by atoms with van der Waals surface area (Å²) in [6.07, 6.45) is 88.2. The van der Waals surface area contributed by atoms with Gasteiger partial charge in [0.05, 0.1) is 25.4 Å². The molecule has 0 rings (SSSR count). The monoisotopic (exact) mass is 1130 g/mol. The van der Waals surface area contributed by atoms with Gasteiger partial charge in [0.1, 0.15) is 0 Å². The molecule has 0 radical (unpaired) electrons. The molecule has 474 valence electrons. The second kappa shape index (κ2) is 69.8. The van der Waals surface area contributed by atoms with Crippen molar-refractivity contribution in [2.24, 2.45) is 0 Å². The van der Waals surface area contributed by atoms with E-state index in [0.29, 0.717) is 25.9 Å². The van der Waals surface area contributed by atoms with Crippen molar-refractivity contribution in [1.82, 2.24) is 5.32 Å². The summed E-state index contributed by atoms with van der Waals surface area (Å²) < 4.78 is 5.50. The Balaban J connectivity index is 3.31. The maximum Gasteiger partial charge on any atom is 0.305 e. The van der Waals surface area contributed by atoms with Crippen LogP contribution >= 0.6 is 0 Å². The summed E-state index contributed by atoms with van der Waals surface area (Å²) >= 11 is 0. The number of carbonyl (C=O) groups is 2. The Bertz CT molecular complexity index is 1250. The number of rotatable bonds is 69. The fourth-order valence-corrected chi connectivity index (χ4v) is 11.7. The highest BCUT2D eigenvalue weighted by Crippen LogP contribution is 2.19. The van der Waals surface area contributed by atoms with E-state index in [9.17, 15) is 19.8 Å². The molecule has 0 fully saturated rings. The largest absolute Gasteiger partial charge is 0.466 e. The Morgan fingerprint density at radius 3 is 0.963 bits per heavy atom. The number of aliphatic hydroxyl groups is 2. The predicted molar refractivity (Wildman–Crippen MR) is 352 cm³/mol. The summed E-state index contributed by atoms with van der Waals surface area (Å²) in [6, 6.07) is -0.537. The number of esters is 1. The quantitative estimate of drug-likeness (QED) is 0.0320. The first kappa shape index (κ1) is 78.3. The molecule has 0 aliphatic carbocycles. The number of ether oxygens (including phenoxy) is 1. The average Bonchev–Trinajstić information content (AvgIpc) is 3.46. The van der Waals surface area contributed by atoms with Gasteiger partial charge in [-0.15, -0.1) is 0 Å². The van der Waals surface area contributed by atoms with Crippen LogP contribution in [0.4, 0.5) is 0 Å². The molecule has 0 spiro atoms. The lowest BCUT2D eigenvalue weighted by atomic mass is 10.0. The first-order chi connectivity index (χ1) is 39.5. The molecule has 0 saturated heterocycles. The van der Waals surface area contributed by atoms with Crippen LogP contribution in [0.25, 0.3) is 0 Å². The fourth-order valence-electron chi connectivity index (χ4n) is 11.7. The zero-order valence-electron chi connectivity index (χ0n) is 54.3. The van der Waals surface area contributed by atoms with Gasteiger partial charge in [0.2, 0.25) is 5.91 Å². The third-order valence-corrected chi connectivity index (χ3v) is 17.3. The summed E-state index contributed by atoms with van der Waals surface area (Å²) in [7, 11) is 0. The highest BCUT2D eigenvalue weighted by atomic mass is 16.5. The molecule has 0 bridgehead atoms. The number of aliphatic hydroxyl groups excluding tert-OH is 2. The van der Waals surface area contributed by atoms with Gasteiger partial charge in [0, 0.05) is 12.8 Å². The molecule has 80 heavy (non-hydrogen) atoms. The van der Waals surface area contributed by atoms with Gasteiger partial charge in [-0.1, -0.05) is 366 Å². The van der Waals surface area contributed by atoms with Crippen LogP contribution in [0.5, 0.6) is 0 Å². The lowest BCUT2D eigenvalue weighted by Crippen LogP contribution is -2.45. The first-order valence-corrected chi connectivity index (χ1v) is 36.6. The molecule has 6 nitrogen and oxygen atoms in total. The van der Waals surface area contributed by atoms with Crippen molar-refractivity contribution in [3.05, 3.63) is 24.3 Å². The smallest absolute Gasteiger partial charge is 0.305 e. The lowest BCUT2D eigenvalue weighted by molar-refractivity contribution is -0.143. The van der Waals surface area contributed by atoms with Gasteiger partial charge < -0.3 is 20.3 Å². The van der Waals surface area contributed by atoms with Crippen molar-refractivity contribution in [3.63, 3.8) is 0 Å². The molecule has 0 aromatic rings. The van der Waals surface area contributed by atoms with Gasteiger partial charge in [-0.2, -0.15) is 0 Å². The Morgan fingerprint density at radius 1 is 0.350 bits per heavy atom. The summed E-state index contributed by atoms with van der Waals surface area (Å²) in [4.78, 5) is 24.6. The molecule has 6 heteroatoms. The second-order valence-electron chi connectivity index (χ2n) is 25.3. The van der Waals surface area contributed by atoms with Crippen molar-refractivity contribution >= 4 is 11.9 Å². The van der Waals surface area contributed by atoms with Gasteiger partial charge in [-0.05, 0) is 57.8 Å². The van der Waals surface area contributed by atoms with Crippen molar-refractivity contribution in [1.29, 1.82) is 0 Å². The van der Waals surface area contributed by atoms with E-state index < -0.39 is 12.1 Å². The molecule has 0 aromatic carbocycles. The number of hydrogen-bond acceptors (Lipinski definition) is 5. The summed E-state index contributed by atoms with van der Waals surface area (Å²) in [5.41, 5.74) is 0. The minimum absolute atomic E-state index is 0.00884. The Morgan fingerprint density at radius 2 is 0.625 bits per heavy atom. The number of hydrogen-bond donors (Lipinski definition) is 3. The SMILES string of the molecule is CCCCCC/C=C\C/C=C\CCCCCCCC(=O)OCCCCCCCCCCCCCCCCCCCCCCCCCCCCCCCCCCCC(=O)NC(CO)C(O)CCCCCCCCCCCCCCCC. The molecule has 0 aliphatic rings. The van der Waals surface area contributed by atoms with Crippen molar-refractivity contribution in [3.8, 4) is 0 Å². The van der Waals surface area contributed by atoms with Crippen LogP contribution < -0.4 is 5.32 Å². The van der Waals surface area contributed by atoms with Gasteiger partial charge in [-0.3, -0.25) is 9.59 Å². The first-order valence-electron chi connectivity index (χ1n) is 36.6. The highest BCUT2D eigenvalue weighted by molar-refractivity contribution is 5.76. The minimum Gasteiger partial charge on any atom is -0.466 e. The van der Waals surface area contributed by atoms with Crippen LogP contribution in [0, 0.1) is 0 Å². The third kappa shape index (κ3) is 65.5. The number of amides is 1. The summed E-state index contributed by atoms with van der Waals surface area (Å²) in [5.74, 6) is -0.0186. The van der Waals surface area contributed by atoms with Crippen LogP contribution in [0.3, 0.4) is 0 Å². The van der Waals surface area contributed by atoms with E-state index in [-0.39, 0.29) is 18.5 Å². The van der Waals surface area contributed by atoms with Crippen molar-refractivity contribution < 1.29 is 24.5 Å². The van der Waals surface area contributed by atoms with Crippen LogP contribution in [0.2, 0.25) is 0 Å². The van der Waals surface area contributed by atoms with Crippen LogP contribution in [-0.4, -0.2) is 47.4 Å². The Kier molecular flexibility index (Phi) is 68.4. The van der Waals surface area contributed by atoms with Crippen molar-refractivity contribution in [2.45, 2.75) is 424 Å². The van der Waals surface area contributed by atoms with E-state index in [2.05, 4.69) is 43.5 Å². The predicted octanol–water partition coefficient (Wildman–Crippen LogP) is 23.7. The zero-order valence-corrected chi connectivity index (χ0v) is 54.3. The molecule has 0 aromatic heterocycles. The normalized spacial score (nSPS) is 12.6. The van der Waals surface area contributed by atoms with Crippen LogP contribution in [0.15, 0.2) is 24.3 Å². The van der Waals surface area contributed by atoms with E-state index in [1.165, 1.54) is 327 Å². The molecule has 2 unspecified atom stereocenters. The zero-order chi connectivity index (χ0) is 57.8. The van der Waals surface area contributed by atoms with E-state index in [1.54, 1.807) is 0 Å². The standard InChI is InChI=1S/C74H143NO5/c1-3-5-7-9-11-13-15-17-19-40-44-48-52-56-60-64-68-74(79)80-69-65-61-57-53-49-45-41-38-36-34-32-30-28-26-24-22-20-21-23-25-27-29-31-33-35-37-39-43-47-51-55-59-63-67-73(78)75-71(70-76)72(77)66-62-58-54-50-46-42-18-16-14-12-10-8-6-4-2/h13,15,19,40,71-72,76-77H,3-12,14,16-18,20-39,41-70H2,1-2H3,(H,75,78)/b15-13-,40-19-. The molecule has 2 atom stereocenters. The minimum atomic E-state index is -0.660. The Hall–Kier alpha value is -1.66. The lowest BCUT2D eigenvalue weighted by Gasteiger charge is -2.22. The van der Waals surface area contributed by atoms with E-state index in [1.807, 2.05) is 0 Å². The second-order valence-corrected chi connectivity index (χ2v) is 25.3. The average molecular weight is 1130 g/mol. The summed E-state index contributed by atoms with van der Waals surface area (Å²) in [6.45, 7) is 4.96. The topological polar surface area (TPSA) is 95.9 Å². The van der Waals surface area contributed by atoms with Gasteiger partial charge in [0.25, 0.3) is 0 Å². The maximum atomic E-state index is 12.5. The maximum absolute atomic E-state index is 12.5. The van der Waals surface area contributed by atoms with E-state index >= 15 is 0 Å². The van der Waals surface area contributed by atoms with Crippen LogP contribution in [0.1, 0.15) is 412 Å². The highest BCUT2D eigenvalue weighted by Gasteiger charge is 2.20. The van der Waals surface area contributed by atoms with E-state index in [4.69, 9.17) is 4.74 Å². The van der Waals surface area contributed by atoms with Gasteiger partial charge in [0.15, 0.2) is 0 Å². The van der Waals surface area contributed by atoms with Gasteiger partial charge in [-0.25, -0.2) is 0 Å².